The number of aromatic amines is 2. The summed E-state index contributed by atoms with van der Waals surface area (Å²) in [5.41, 5.74) is 6.14. The molecular weight excluding hydrogens is 478 g/mol. The van der Waals surface area contributed by atoms with Gasteiger partial charge in [-0.3, -0.25) is 0 Å². The molecule has 6 heteroatoms. The highest BCUT2D eigenvalue weighted by molar-refractivity contribution is 7.73. The molecule has 2 heterocycles. The van der Waals surface area contributed by atoms with E-state index in [-0.39, 0.29) is 0 Å². The molecular formula is C28H20ClN3S2. The van der Waals surface area contributed by atoms with Crippen LogP contribution in [0.25, 0.3) is 44.1 Å². The third-order valence-corrected chi connectivity index (χ3v) is 6.81. The Balaban J connectivity index is 0.000000200. The predicted molar refractivity (Wildman–Crippen MR) is 147 cm³/mol. The summed E-state index contributed by atoms with van der Waals surface area (Å²) in [5.74, 6) is 0.776. The molecule has 0 saturated carbocycles. The Morgan fingerprint density at radius 1 is 0.676 bits per heavy atom. The molecule has 0 spiro atoms. The number of H-pyrrole nitrogens is 2. The molecule has 2 N–H and O–H groups in total. The number of benzene rings is 4. The van der Waals surface area contributed by atoms with E-state index < -0.39 is 0 Å². The lowest BCUT2D eigenvalue weighted by Gasteiger charge is -2.02. The number of halogens is 1. The van der Waals surface area contributed by atoms with Crippen LogP contribution in [0.3, 0.4) is 0 Å². The number of para-hydroxylation sites is 1. The maximum Gasteiger partial charge on any atom is 0.159 e. The quantitative estimate of drug-likeness (QED) is 0.239. The minimum Gasteiger partial charge on any atom is -0.337 e. The van der Waals surface area contributed by atoms with Crippen molar-refractivity contribution in [2.45, 2.75) is 0 Å². The summed E-state index contributed by atoms with van der Waals surface area (Å²) in [4.78, 5) is 11.4. The van der Waals surface area contributed by atoms with Gasteiger partial charge in [-0.1, -0.05) is 96.5 Å². The van der Waals surface area contributed by atoms with Crippen LogP contribution < -0.4 is 0 Å². The van der Waals surface area contributed by atoms with Gasteiger partial charge in [0, 0.05) is 16.7 Å². The van der Waals surface area contributed by atoms with E-state index in [1.54, 1.807) is 11.3 Å². The van der Waals surface area contributed by atoms with Crippen molar-refractivity contribution >= 4 is 45.4 Å². The number of hydrogen-bond acceptors (Lipinski definition) is 3. The third-order valence-electron chi connectivity index (χ3n) is 5.27. The highest BCUT2D eigenvalue weighted by Gasteiger charge is 2.16. The first-order valence-corrected chi connectivity index (χ1v) is 12.3. The van der Waals surface area contributed by atoms with Crippen molar-refractivity contribution in [3.8, 4) is 33.9 Å². The Hall–Kier alpha value is -3.51. The van der Waals surface area contributed by atoms with Crippen LogP contribution in [-0.4, -0.2) is 15.0 Å². The Labute approximate surface area is 211 Å². The van der Waals surface area contributed by atoms with Crippen LogP contribution >= 0.6 is 35.2 Å². The smallest absolute Gasteiger partial charge is 0.159 e. The average molecular weight is 498 g/mol. The number of imidazole rings is 1. The standard InChI is InChI=1S/C21H15ClN2.C7H5NS2/c22-18-14-8-7-13-17(18)21-23-19(15-9-3-1-4-10-15)20(24-21)16-11-5-2-6-12-16;9-7-8-5-3-1-2-4-6(5)10-7/h1-14H,(H,23,24);1-4H,(H,8,9). The van der Waals surface area contributed by atoms with Gasteiger partial charge >= 0.3 is 0 Å². The van der Waals surface area contributed by atoms with Crippen molar-refractivity contribution in [3.05, 3.63) is 118 Å². The van der Waals surface area contributed by atoms with Gasteiger partial charge in [0.25, 0.3) is 0 Å². The number of fused-ring (bicyclic) bond motifs is 1. The highest BCUT2D eigenvalue weighted by atomic mass is 35.5. The molecule has 6 rings (SSSR count). The number of nitrogens with one attached hydrogen (secondary N) is 2. The molecule has 0 bridgehead atoms. The van der Waals surface area contributed by atoms with Crippen molar-refractivity contribution in [1.29, 1.82) is 0 Å². The Morgan fingerprint density at radius 3 is 2.00 bits per heavy atom. The van der Waals surface area contributed by atoms with Gasteiger partial charge in [0.15, 0.2) is 3.95 Å². The summed E-state index contributed by atoms with van der Waals surface area (Å²) in [7, 11) is 0. The molecule has 0 radical (unpaired) electrons. The molecule has 3 nitrogen and oxygen atoms in total. The minimum absolute atomic E-state index is 0.686. The normalized spacial score (nSPS) is 10.6. The first kappa shape index (κ1) is 22.3. The molecule has 6 aromatic rings. The van der Waals surface area contributed by atoms with E-state index in [1.807, 2.05) is 78.9 Å². The molecule has 0 aliphatic rings. The lowest BCUT2D eigenvalue weighted by molar-refractivity contribution is 1.31. The second-order valence-corrected chi connectivity index (χ2v) is 9.66. The molecule has 0 saturated heterocycles. The van der Waals surface area contributed by atoms with Crippen molar-refractivity contribution in [2.75, 3.05) is 0 Å². The highest BCUT2D eigenvalue weighted by Crippen LogP contribution is 2.34. The van der Waals surface area contributed by atoms with Gasteiger partial charge in [-0.05, 0) is 36.5 Å². The predicted octanol–water partition coefficient (Wildman–Crippen LogP) is 9.02. The van der Waals surface area contributed by atoms with Crippen molar-refractivity contribution in [3.63, 3.8) is 0 Å². The first-order valence-electron chi connectivity index (χ1n) is 10.7. The fourth-order valence-corrected chi connectivity index (χ4v) is 5.01. The maximum atomic E-state index is 6.35. The minimum atomic E-state index is 0.686. The van der Waals surface area contributed by atoms with Gasteiger partial charge in [0.05, 0.1) is 26.6 Å². The fraction of sp³-hybridized carbons (Fsp3) is 0. The fourth-order valence-electron chi connectivity index (χ4n) is 3.67. The summed E-state index contributed by atoms with van der Waals surface area (Å²) in [5, 5.41) is 0.686. The molecule has 0 amide bonds. The molecule has 0 unspecified atom stereocenters. The number of nitrogens with zero attached hydrogens (tertiary/aromatic N) is 1. The summed E-state index contributed by atoms with van der Waals surface area (Å²) >= 11 is 12.9. The number of hydrogen-bond donors (Lipinski definition) is 2. The lowest BCUT2D eigenvalue weighted by atomic mass is 10.1. The summed E-state index contributed by atoms with van der Waals surface area (Å²) in [6, 6.07) is 36.3. The van der Waals surface area contributed by atoms with Crippen LogP contribution in [0.4, 0.5) is 0 Å². The van der Waals surface area contributed by atoms with E-state index in [0.717, 1.165) is 43.4 Å². The Kier molecular flexibility index (Phi) is 6.67. The van der Waals surface area contributed by atoms with E-state index in [0.29, 0.717) is 5.02 Å². The van der Waals surface area contributed by atoms with Crippen LogP contribution in [-0.2, 0) is 0 Å². The van der Waals surface area contributed by atoms with E-state index in [9.17, 15) is 0 Å². The van der Waals surface area contributed by atoms with Crippen LogP contribution in [0.15, 0.2) is 109 Å². The van der Waals surface area contributed by atoms with Gasteiger partial charge < -0.3 is 9.97 Å². The van der Waals surface area contributed by atoms with Gasteiger partial charge in [-0.15, -0.1) is 11.3 Å². The number of thiazole rings is 1. The van der Waals surface area contributed by atoms with Gasteiger partial charge in [0.2, 0.25) is 0 Å². The molecule has 0 atom stereocenters. The number of rotatable bonds is 3. The van der Waals surface area contributed by atoms with Gasteiger partial charge in [0.1, 0.15) is 5.82 Å². The zero-order valence-corrected chi connectivity index (χ0v) is 20.4. The SMILES string of the molecule is Clc1ccccc1-c1nc(-c2ccccc2)c(-c2ccccc2)[nH]1.S=c1[nH]c2ccccc2s1. The van der Waals surface area contributed by atoms with Gasteiger partial charge in [-0.2, -0.15) is 0 Å². The van der Waals surface area contributed by atoms with Crippen LogP contribution in [0.2, 0.25) is 5.02 Å². The van der Waals surface area contributed by atoms with E-state index in [1.165, 1.54) is 4.70 Å². The molecule has 2 aromatic heterocycles. The second kappa shape index (κ2) is 10.2. The van der Waals surface area contributed by atoms with E-state index in [4.69, 9.17) is 28.8 Å². The second-order valence-electron chi connectivity index (χ2n) is 7.53. The monoisotopic (exact) mass is 497 g/mol. The molecule has 4 aromatic carbocycles. The van der Waals surface area contributed by atoms with Crippen LogP contribution in [0, 0.1) is 3.95 Å². The summed E-state index contributed by atoms with van der Waals surface area (Å²) in [6.45, 7) is 0. The Bertz CT molecular complexity index is 1490. The largest absolute Gasteiger partial charge is 0.337 e. The molecule has 0 aliphatic carbocycles. The van der Waals surface area contributed by atoms with Crippen molar-refractivity contribution in [1.82, 2.24) is 15.0 Å². The van der Waals surface area contributed by atoms with Gasteiger partial charge in [-0.25, -0.2) is 4.98 Å². The van der Waals surface area contributed by atoms with E-state index in [2.05, 4.69) is 40.3 Å². The average Bonchev–Trinajstić information content (AvgIpc) is 3.49. The Morgan fingerprint density at radius 2 is 1.29 bits per heavy atom. The van der Waals surface area contributed by atoms with Crippen LogP contribution in [0.5, 0.6) is 0 Å². The summed E-state index contributed by atoms with van der Waals surface area (Å²) in [6.07, 6.45) is 0. The van der Waals surface area contributed by atoms with Crippen molar-refractivity contribution < 1.29 is 0 Å². The number of aromatic nitrogens is 3. The molecule has 0 fully saturated rings. The zero-order valence-electron chi connectivity index (χ0n) is 18.0. The lowest BCUT2D eigenvalue weighted by Crippen LogP contribution is -1.82. The first-order chi connectivity index (χ1) is 16.7. The van der Waals surface area contributed by atoms with Crippen LogP contribution in [0.1, 0.15) is 0 Å². The van der Waals surface area contributed by atoms with Crippen molar-refractivity contribution in [2.24, 2.45) is 0 Å². The summed E-state index contributed by atoms with van der Waals surface area (Å²) < 4.78 is 2.08. The molecule has 166 valence electrons. The molecule has 0 aliphatic heterocycles. The zero-order chi connectivity index (χ0) is 23.3. The third kappa shape index (κ3) is 4.87. The topological polar surface area (TPSA) is 44.5 Å². The molecule has 34 heavy (non-hydrogen) atoms. The van der Waals surface area contributed by atoms with E-state index >= 15 is 0 Å². The maximum absolute atomic E-state index is 6.35.